The molecule has 0 bridgehead atoms. The Morgan fingerprint density at radius 2 is 2.04 bits per heavy atom. The summed E-state index contributed by atoms with van der Waals surface area (Å²) in [6, 6.07) is 0. The van der Waals surface area contributed by atoms with Crippen molar-refractivity contribution in [1.29, 1.82) is 0 Å². The molecule has 2 aromatic rings. The normalized spacial score (nSPS) is 17.9. The number of hydrogen-bond acceptors (Lipinski definition) is 4. The van der Waals surface area contributed by atoms with Crippen molar-refractivity contribution in [3.05, 3.63) is 36.4 Å². The maximum atomic E-state index is 12.6. The summed E-state index contributed by atoms with van der Waals surface area (Å²) >= 11 is 0. The summed E-state index contributed by atoms with van der Waals surface area (Å²) in [5.41, 5.74) is 0. The van der Waals surface area contributed by atoms with Gasteiger partial charge in [-0.2, -0.15) is 0 Å². The zero-order chi connectivity index (χ0) is 17.1. The van der Waals surface area contributed by atoms with E-state index in [0.717, 1.165) is 25.1 Å². The minimum absolute atomic E-state index is 0.0249. The highest BCUT2D eigenvalue weighted by Gasteiger charge is 2.30. The van der Waals surface area contributed by atoms with E-state index < -0.39 is 0 Å². The molecular formula is C17H23N5O2. The molecule has 24 heavy (non-hydrogen) atoms. The fraction of sp³-hybridized carbons (Fsp3) is 0.529. The van der Waals surface area contributed by atoms with Crippen LogP contribution in [0.3, 0.4) is 0 Å². The molecule has 0 spiro atoms. The van der Waals surface area contributed by atoms with Crippen molar-refractivity contribution >= 4 is 11.7 Å². The highest BCUT2D eigenvalue weighted by Crippen LogP contribution is 2.20. The molecule has 1 atom stereocenters. The standard InChI is InChI=1S/C17H23N5O2/c1-3-14-18-7-10-21(14)12-15(23)22-8-4-5-13(11-22)16(24)17-19-6-9-20(17)2/h6-7,9-10,13H,3-5,8,11-12H2,1-2H3. The second-order valence-corrected chi connectivity index (χ2v) is 6.23. The molecule has 1 aliphatic heterocycles. The molecule has 1 amide bonds. The van der Waals surface area contributed by atoms with E-state index in [9.17, 15) is 9.59 Å². The summed E-state index contributed by atoms with van der Waals surface area (Å²) in [6.45, 7) is 3.48. The molecule has 1 unspecified atom stereocenters. The van der Waals surface area contributed by atoms with Crippen LogP contribution in [0.2, 0.25) is 0 Å². The Labute approximate surface area is 141 Å². The third-order valence-electron chi connectivity index (χ3n) is 4.61. The highest BCUT2D eigenvalue weighted by molar-refractivity contribution is 5.95. The minimum Gasteiger partial charge on any atom is -0.340 e. The number of imidazole rings is 2. The number of piperidine rings is 1. The van der Waals surface area contributed by atoms with Crippen molar-refractivity contribution in [2.24, 2.45) is 13.0 Å². The molecule has 2 aromatic heterocycles. The van der Waals surface area contributed by atoms with Crippen LogP contribution in [0.15, 0.2) is 24.8 Å². The zero-order valence-electron chi connectivity index (χ0n) is 14.2. The Morgan fingerprint density at radius 3 is 2.75 bits per heavy atom. The molecule has 7 nitrogen and oxygen atoms in total. The van der Waals surface area contributed by atoms with Gasteiger partial charge in [-0.25, -0.2) is 9.97 Å². The molecule has 0 N–H and O–H groups in total. The lowest BCUT2D eigenvalue weighted by Crippen LogP contribution is -2.44. The maximum absolute atomic E-state index is 12.6. The van der Waals surface area contributed by atoms with Gasteiger partial charge in [0.25, 0.3) is 0 Å². The van der Waals surface area contributed by atoms with Gasteiger partial charge in [-0.05, 0) is 12.8 Å². The van der Waals surface area contributed by atoms with Gasteiger partial charge in [-0.1, -0.05) is 6.92 Å². The van der Waals surface area contributed by atoms with Crippen LogP contribution in [-0.4, -0.2) is 48.8 Å². The summed E-state index contributed by atoms with van der Waals surface area (Å²) in [7, 11) is 1.82. The van der Waals surface area contributed by atoms with Crippen molar-refractivity contribution in [3.63, 3.8) is 0 Å². The molecule has 7 heteroatoms. The van der Waals surface area contributed by atoms with Crippen molar-refractivity contribution in [1.82, 2.24) is 24.0 Å². The quantitative estimate of drug-likeness (QED) is 0.775. The van der Waals surface area contributed by atoms with E-state index in [0.29, 0.717) is 18.9 Å². The van der Waals surface area contributed by atoms with Gasteiger partial charge < -0.3 is 14.0 Å². The van der Waals surface area contributed by atoms with Gasteiger partial charge in [-0.3, -0.25) is 9.59 Å². The van der Waals surface area contributed by atoms with Gasteiger partial charge in [-0.15, -0.1) is 0 Å². The van der Waals surface area contributed by atoms with Crippen LogP contribution in [-0.2, 0) is 24.8 Å². The fourth-order valence-corrected chi connectivity index (χ4v) is 3.25. The first kappa shape index (κ1) is 16.4. The first-order valence-electron chi connectivity index (χ1n) is 8.39. The Balaban J connectivity index is 1.66. The van der Waals surface area contributed by atoms with Crippen LogP contribution in [0, 0.1) is 5.92 Å². The summed E-state index contributed by atoms with van der Waals surface area (Å²) < 4.78 is 3.62. The third-order valence-corrected chi connectivity index (χ3v) is 4.61. The molecule has 3 rings (SSSR count). The van der Waals surface area contributed by atoms with Gasteiger partial charge in [0.1, 0.15) is 12.4 Å². The third kappa shape index (κ3) is 3.25. The van der Waals surface area contributed by atoms with E-state index in [1.165, 1.54) is 0 Å². The SMILES string of the molecule is CCc1nccn1CC(=O)N1CCCC(C(=O)c2nccn2C)C1. The van der Waals surface area contributed by atoms with Crippen molar-refractivity contribution < 1.29 is 9.59 Å². The lowest BCUT2D eigenvalue weighted by Gasteiger charge is -2.32. The molecule has 0 radical (unpaired) electrons. The number of Topliss-reactive ketones (excluding diaryl/α,β-unsaturated/α-hetero) is 1. The second-order valence-electron chi connectivity index (χ2n) is 6.23. The number of aromatic nitrogens is 4. The van der Waals surface area contributed by atoms with E-state index >= 15 is 0 Å². The maximum Gasteiger partial charge on any atom is 0.242 e. The first-order valence-corrected chi connectivity index (χ1v) is 8.39. The summed E-state index contributed by atoms with van der Waals surface area (Å²) in [6.07, 6.45) is 9.39. The Bertz CT molecular complexity index is 733. The first-order chi connectivity index (χ1) is 11.6. The zero-order valence-corrected chi connectivity index (χ0v) is 14.2. The van der Waals surface area contributed by atoms with Crippen LogP contribution in [0.25, 0.3) is 0 Å². The molecule has 1 fully saturated rings. The smallest absolute Gasteiger partial charge is 0.242 e. The van der Waals surface area contributed by atoms with Crippen LogP contribution >= 0.6 is 0 Å². The number of nitrogens with zero attached hydrogens (tertiary/aromatic N) is 5. The average Bonchev–Trinajstić information content (AvgIpc) is 3.22. The number of carbonyl (C=O) groups excluding carboxylic acids is 2. The van der Waals surface area contributed by atoms with Crippen molar-refractivity contribution in [2.75, 3.05) is 13.1 Å². The van der Waals surface area contributed by atoms with Crippen LogP contribution in [0.5, 0.6) is 0 Å². The molecule has 128 valence electrons. The number of ketones is 1. The summed E-state index contributed by atoms with van der Waals surface area (Å²) in [4.78, 5) is 35.4. The number of rotatable bonds is 5. The Kier molecular flexibility index (Phi) is 4.78. The number of amides is 1. The average molecular weight is 329 g/mol. The van der Waals surface area contributed by atoms with E-state index in [1.54, 1.807) is 28.1 Å². The van der Waals surface area contributed by atoms with E-state index in [-0.39, 0.29) is 24.2 Å². The molecule has 1 aliphatic rings. The second kappa shape index (κ2) is 6.98. The molecule has 1 saturated heterocycles. The van der Waals surface area contributed by atoms with Gasteiger partial charge in [0, 0.05) is 57.3 Å². The minimum atomic E-state index is -0.169. The Morgan fingerprint density at radius 1 is 1.25 bits per heavy atom. The Hall–Kier alpha value is -2.44. The highest BCUT2D eigenvalue weighted by atomic mass is 16.2. The number of aryl methyl sites for hydroxylation is 2. The number of likely N-dealkylation sites (tertiary alicyclic amines) is 1. The predicted octanol–water partition coefficient (Wildman–Crippen LogP) is 1.30. The van der Waals surface area contributed by atoms with Gasteiger partial charge in [0.05, 0.1) is 0 Å². The molecular weight excluding hydrogens is 306 g/mol. The van der Waals surface area contributed by atoms with Gasteiger partial charge in [0.2, 0.25) is 11.7 Å². The van der Waals surface area contributed by atoms with Crippen LogP contribution < -0.4 is 0 Å². The molecule has 0 saturated carbocycles. The van der Waals surface area contributed by atoms with Crippen LogP contribution in [0.4, 0.5) is 0 Å². The van der Waals surface area contributed by atoms with E-state index in [1.807, 2.05) is 24.7 Å². The number of hydrogen-bond donors (Lipinski definition) is 0. The van der Waals surface area contributed by atoms with Gasteiger partial charge in [0.15, 0.2) is 5.82 Å². The molecule has 3 heterocycles. The van der Waals surface area contributed by atoms with E-state index in [2.05, 4.69) is 9.97 Å². The van der Waals surface area contributed by atoms with Crippen molar-refractivity contribution in [3.8, 4) is 0 Å². The summed E-state index contributed by atoms with van der Waals surface area (Å²) in [5, 5.41) is 0. The van der Waals surface area contributed by atoms with Crippen LogP contribution in [0.1, 0.15) is 36.2 Å². The summed E-state index contributed by atoms with van der Waals surface area (Å²) in [5.74, 6) is 1.27. The monoisotopic (exact) mass is 329 g/mol. The number of carbonyl (C=O) groups is 2. The largest absolute Gasteiger partial charge is 0.340 e. The predicted molar refractivity (Wildman–Crippen MR) is 88.4 cm³/mol. The lowest BCUT2D eigenvalue weighted by molar-refractivity contribution is -0.133. The van der Waals surface area contributed by atoms with Crippen molar-refractivity contribution in [2.45, 2.75) is 32.7 Å². The van der Waals surface area contributed by atoms with Gasteiger partial charge >= 0.3 is 0 Å². The molecule has 0 aromatic carbocycles. The lowest BCUT2D eigenvalue weighted by atomic mass is 9.93. The topological polar surface area (TPSA) is 73.0 Å². The van der Waals surface area contributed by atoms with E-state index in [4.69, 9.17) is 0 Å². The molecule has 0 aliphatic carbocycles. The fourth-order valence-electron chi connectivity index (χ4n) is 3.25.